The Morgan fingerprint density at radius 2 is 2.17 bits per heavy atom. The highest BCUT2D eigenvalue weighted by molar-refractivity contribution is 5.88. The normalized spacial score (nSPS) is 10.6. The number of nitrogens with zero attached hydrogens (tertiary/aromatic N) is 1. The smallest absolute Gasteiger partial charge is 0.343 e. The number of hydrogen-bond donors (Lipinski definition) is 2. The average Bonchev–Trinajstić information content (AvgIpc) is 2.66. The van der Waals surface area contributed by atoms with Crippen molar-refractivity contribution in [1.82, 2.24) is 9.78 Å². The molecule has 5 heteroatoms. The molecule has 0 atom stereocenters. The molecule has 0 saturated heterocycles. The number of aromatic nitrogens is 2. The van der Waals surface area contributed by atoms with Gasteiger partial charge in [0.05, 0.1) is 11.4 Å². The summed E-state index contributed by atoms with van der Waals surface area (Å²) in [6, 6.07) is 7.32. The molecule has 0 unspecified atom stereocenters. The maximum Gasteiger partial charge on any atom is 0.343 e. The summed E-state index contributed by atoms with van der Waals surface area (Å²) in [5.41, 5.74) is 1.38. The number of aromatic amines is 1. The summed E-state index contributed by atoms with van der Waals surface area (Å²) in [6.07, 6.45) is 0.468. The lowest BCUT2D eigenvalue weighted by Gasteiger charge is -2.02. The third-order valence-electron chi connectivity index (χ3n) is 2.79. The Balaban J connectivity index is 2.67. The monoisotopic (exact) mass is 246 g/mol. The van der Waals surface area contributed by atoms with Crippen LogP contribution in [0.5, 0.6) is 0 Å². The molecular weight excluding hydrogens is 232 g/mol. The molecule has 0 aliphatic heterocycles. The van der Waals surface area contributed by atoms with E-state index in [1.165, 1.54) is 4.68 Å². The quantitative estimate of drug-likeness (QED) is 0.866. The highest BCUT2D eigenvalue weighted by Crippen LogP contribution is 2.10. The predicted octanol–water partition coefficient (Wildman–Crippen LogP) is 1.73. The van der Waals surface area contributed by atoms with Crippen molar-refractivity contribution in [2.45, 2.75) is 20.3 Å². The molecule has 2 aromatic rings. The second kappa shape index (κ2) is 4.52. The van der Waals surface area contributed by atoms with Gasteiger partial charge in [0.2, 0.25) is 0 Å². The van der Waals surface area contributed by atoms with E-state index in [4.69, 9.17) is 5.11 Å². The number of carboxylic acids is 1. The molecule has 0 spiro atoms. The second-order valence-corrected chi connectivity index (χ2v) is 4.10. The van der Waals surface area contributed by atoms with Gasteiger partial charge in [0, 0.05) is 0 Å². The molecule has 0 amide bonds. The lowest BCUT2D eigenvalue weighted by molar-refractivity contribution is 0.0694. The predicted molar refractivity (Wildman–Crippen MR) is 67.5 cm³/mol. The van der Waals surface area contributed by atoms with Gasteiger partial charge in [-0.05, 0) is 31.0 Å². The van der Waals surface area contributed by atoms with Crippen molar-refractivity contribution in [1.29, 1.82) is 0 Å². The minimum atomic E-state index is -1.19. The Bertz CT molecular complexity index is 652. The minimum Gasteiger partial charge on any atom is -0.477 e. The van der Waals surface area contributed by atoms with E-state index in [1.54, 1.807) is 13.0 Å². The van der Waals surface area contributed by atoms with Gasteiger partial charge in [0.25, 0.3) is 5.56 Å². The van der Waals surface area contributed by atoms with E-state index in [9.17, 15) is 9.59 Å². The fraction of sp³-hybridized carbons (Fsp3) is 0.231. The molecule has 2 rings (SSSR count). The number of aryl methyl sites for hydroxylation is 2. The van der Waals surface area contributed by atoms with Gasteiger partial charge in [0.1, 0.15) is 5.56 Å². The molecule has 0 saturated carbocycles. The third kappa shape index (κ3) is 1.95. The molecule has 0 aliphatic carbocycles. The fourth-order valence-electron chi connectivity index (χ4n) is 1.91. The standard InChI is InChI=1S/C13H14N2O3/c1-3-10-11(13(17)18)12(16)15(14-10)9-6-4-5-8(2)7-9/h4-7,14H,3H2,1-2H3,(H,17,18). The van der Waals surface area contributed by atoms with Crippen LogP contribution in [0.3, 0.4) is 0 Å². The van der Waals surface area contributed by atoms with Gasteiger partial charge in [-0.2, -0.15) is 0 Å². The first-order valence-electron chi connectivity index (χ1n) is 5.68. The number of nitrogens with one attached hydrogen (secondary N) is 1. The van der Waals surface area contributed by atoms with Crippen LogP contribution in [0.1, 0.15) is 28.5 Å². The third-order valence-corrected chi connectivity index (χ3v) is 2.79. The average molecular weight is 246 g/mol. The molecule has 1 aromatic carbocycles. The van der Waals surface area contributed by atoms with Crippen LogP contribution in [-0.2, 0) is 6.42 Å². The van der Waals surface area contributed by atoms with Gasteiger partial charge in [-0.25, -0.2) is 9.48 Å². The number of carbonyl (C=O) groups is 1. The number of aromatic carboxylic acids is 1. The Kier molecular flexibility index (Phi) is 3.06. The molecule has 0 bridgehead atoms. The minimum absolute atomic E-state index is 0.181. The molecule has 5 nitrogen and oxygen atoms in total. The van der Waals surface area contributed by atoms with Crippen LogP contribution < -0.4 is 5.56 Å². The Morgan fingerprint density at radius 3 is 2.67 bits per heavy atom. The fourth-order valence-corrected chi connectivity index (χ4v) is 1.91. The molecule has 18 heavy (non-hydrogen) atoms. The van der Waals surface area contributed by atoms with E-state index in [-0.39, 0.29) is 5.56 Å². The zero-order valence-electron chi connectivity index (χ0n) is 10.2. The lowest BCUT2D eigenvalue weighted by atomic mass is 10.2. The lowest BCUT2D eigenvalue weighted by Crippen LogP contribution is -2.20. The highest BCUT2D eigenvalue weighted by Gasteiger charge is 2.19. The Hall–Kier alpha value is -2.30. The number of rotatable bonds is 3. The van der Waals surface area contributed by atoms with E-state index in [0.29, 0.717) is 17.8 Å². The van der Waals surface area contributed by atoms with Crippen LogP contribution in [0.15, 0.2) is 29.1 Å². The van der Waals surface area contributed by atoms with Crippen LogP contribution in [0.4, 0.5) is 0 Å². The molecule has 1 aromatic heterocycles. The summed E-state index contributed by atoms with van der Waals surface area (Å²) in [6.45, 7) is 3.72. The Morgan fingerprint density at radius 1 is 1.44 bits per heavy atom. The van der Waals surface area contributed by atoms with Crippen LogP contribution >= 0.6 is 0 Å². The zero-order chi connectivity index (χ0) is 13.3. The van der Waals surface area contributed by atoms with E-state index in [1.807, 2.05) is 25.1 Å². The van der Waals surface area contributed by atoms with Crippen LogP contribution in [-0.4, -0.2) is 20.9 Å². The van der Waals surface area contributed by atoms with Gasteiger partial charge in [-0.1, -0.05) is 19.1 Å². The summed E-state index contributed by atoms with van der Waals surface area (Å²) in [7, 11) is 0. The first-order valence-corrected chi connectivity index (χ1v) is 5.68. The molecule has 2 N–H and O–H groups in total. The van der Waals surface area contributed by atoms with Crippen molar-refractivity contribution in [3.05, 3.63) is 51.4 Å². The summed E-state index contributed by atoms with van der Waals surface area (Å²) in [5, 5.41) is 11.9. The topological polar surface area (TPSA) is 75.1 Å². The van der Waals surface area contributed by atoms with Gasteiger partial charge in [-0.15, -0.1) is 0 Å². The van der Waals surface area contributed by atoms with Crippen molar-refractivity contribution in [3.8, 4) is 5.69 Å². The maximum atomic E-state index is 12.1. The number of H-pyrrole nitrogens is 1. The van der Waals surface area contributed by atoms with Gasteiger partial charge in [-0.3, -0.25) is 9.89 Å². The molecule has 94 valence electrons. The van der Waals surface area contributed by atoms with Crippen LogP contribution in [0.25, 0.3) is 5.69 Å². The van der Waals surface area contributed by atoms with Crippen molar-refractivity contribution in [2.75, 3.05) is 0 Å². The first kappa shape index (κ1) is 12.2. The summed E-state index contributed by atoms with van der Waals surface area (Å²) < 4.78 is 1.27. The molecule has 0 radical (unpaired) electrons. The Labute approximate surface area is 104 Å². The molecule has 0 fully saturated rings. The first-order chi connectivity index (χ1) is 8.54. The highest BCUT2D eigenvalue weighted by atomic mass is 16.4. The number of benzene rings is 1. The number of hydrogen-bond acceptors (Lipinski definition) is 2. The molecular formula is C13H14N2O3. The van der Waals surface area contributed by atoms with Crippen molar-refractivity contribution < 1.29 is 9.90 Å². The van der Waals surface area contributed by atoms with Crippen LogP contribution in [0, 0.1) is 6.92 Å². The molecule has 0 aliphatic rings. The van der Waals surface area contributed by atoms with Crippen molar-refractivity contribution in [2.24, 2.45) is 0 Å². The zero-order valence-corrected chi connectivity index (χ0v) is 10.2. The van der Waals surface area contributed by atoms with Gasteiger partial charge >= 0.3 is 5.97 Å². The van der Waals surface area contributed by atoms with Crippen molar-refractivity contribution >= 4 is 5.97 Å². The van der Waals surface area contributed by atoms with Crippen LogP contribution in [0.2, 0.25) is 0 Å². The van der Waals surface area contributed by atoms with E-state index >= 15 is 0 Å². The second-order valence-electron chi connectivity index (χ2n) is 4.10. The summed E-state index contributed by atoms with van der Waals surface area (Å²) in [5.74, 6) is -1.19. The summed E-state index contributed by atoms with van der Waals surface area (Å²) in [4.78, 5) is 23.1. The van der Waals surface area contributed by atoms with E-state index in [0.717, 1.165) is 5.56 Å². The van der Waals surface area contributed by atoms with Gasteiger partial charge in [0.15, 0.2) is 0 Å². The number of carboxylic acid groups (broad SMARTS) is 1. The SMILES string of the molecule is CCc1[nH]n(-c2cccc(C)c2)c(=O)c1C(=O)O. The largest absolute Gasteiger partial charge is 0.477 e. The van der Waals surface area contributed by atoms with E-state index in [2.05, 4.69) is 5.10 Å². The van der Waals surface area contributed by atoms with Gasteiger partial charge < -0.3 is 5.11 Å². The maximum absolute atomic E-state index is 12.1. The summed E-state index contributed by atoms with van der Waals surface area (Å²) >= 11 is 0. The molecule has 1 heterocycles. The van der Waals surface area contributed by atoms with E-state index < -0.39 is 11.5 Å². The van der Waals surface area contributed by atoms with Crippen molar-refractivity contribution in [3.63, 3.8) is 0 Å².